The lowest BCUT2D eigenvalue weighted by atomic mass is 10.4. The monoisotopic (exact) mass is 303 g/mol. The SMILES string of the molecule is CCCNCCCN(C)S(=O)(=O)NCc1ccnn1C. The highest BCUT2D eigenvalue weighted by Gasteiger charge is 2.16. The minimum atomic E-state index is -3.43. The molecule has 0 saturated carbocycles. The van der Waals surface area contributed by atoms with Gasteiger partial charge in [0.2, 0.25) is 0 Å². The molecule has 0 bridgehead atoms. The van der Waals surface area contributed by atoms with Gasteiger partial charge in [0.25, 0.3) is 10.2 Å². The van der Waals surface area contributed by atoms with Gasteiger partial charge >= 0.3 is 0 Å². The van der Waals surface area contributed by atoms with Crippen LogP contribution < -0.4 is 10.0 Å². The van der Waals surface area contributed by atoms with Crippen molar-refractivity contribution in [2.45, 2.75) is 26.3 Å². The predicted molar refractivity (Wildman–Crippen MR) is 79.4 cm³/mol. The molecule has 0 aromatic carbocycles. The summed E-state index contributed by atoms with van der Waals surface area (Å²) in [6, 6.07) is 1.79. The Bertz CT molecular complexity index is 486. The third-order valence-corrected chi connectivity index (χ3v) is 4.53. The molecular weight excluding hydrogens is 278 g/mol. The lowest BCUT2D eigenvalue weighted by Gasteiger charge is -2.17. The number of nitrogens with zero attached hydrogens (tertiary/aromatic N) is 3. The van der Waals surface area contributed by atoms with Crippen molar-refractivity contribution in [3.05, 3.63) is 18.0 Å². The Kier molecular flexibility index (Phi) is 7.14. The summed E-state index contributed by atoms with van der Waals surface area (Å²) in [5.41, 5.74) is 0.826. The average Bonchev–Trinajstić information content (AvgIpc) is 2.81. The molecule has 0 amide bonds. The van der Waals surface area contributed by atoms with E-state index in [-0.39, 0.29) is 6.54 Å². The first-order chi connectivity index (χ1) is 9.47. The zero-order chi connectivity index (χ0) is 15.0. The maximum absolute atomic E-state index is 12.0. The lowest BCUT2D eigenvalue weighted by Crippen LogP contribution is -2.39. The second-order valence-corrected chi connectivity index (χ2v) is 6.56. The van der Waals surface area contributed by atoms with Gasteiger partial charge < -0.3 is 5.32 Å². The van der Waals surface area contributed by atoms with Crippen LogP contribution >= 0.6 is 0 Å². The lowest BCUT2D eigenvalue weighted by molar-refractivity contribution is 0.443. The minimum Gasteiger partial charge on any atom is -0.317 e. The molecule has 0 unspecified atom stereocenters. The summed E-state index contributed by atoms with van der Waals surface area (Å²) in [7, 11) is -0.0583. The molecule has 1 heterocycles. The third-order valence-electron chi connectivity index (χ3n) is 3.02. The molecule has 0 saturated heterocycles. The van der Waals surface area contributed by atoms with Crippen LogP contribution in [0.25, 0.3) is 0 Å². The number of aryl methyl sites for hydroxylation is 1. The van der Waals surface area contributed by atoms with E-state index in [0.717, 1.165) is 31.6 Å². The number of nitrogens with one attached hydrogen (secondary N) is 2. The van der Waals surface area contributed by atoms with Crippen LogP contribution in [0.5, 0.6) is 0 Å². The number of hydrogen-bond acceptors (Lipinski definition) is 4. The summed E-state index contributed by atoms with van der Waals surface area (Å²) in [5.74, 6) is 0. The number of aromatic nitrogens is 2. The Hall–Kier alpha value is -0.960. The Morgan fingerprint density at radius 3 is 2.75 bits per heavy atom. The van der Waals surface area contributed by atoms with Crippen molar-refractivity contribution in [2.24, 2.45) is 7.05 Å². The van der Waals surface area contributed by atoms with E-state index >= 15 is 0 Å². The van der Waals surface area contributed by atoms with Crippen molar-refractivity contribution in [1.82, 2.24) is 24.1 Å². The van der Waals surface area contributed by atoms with E-state index in [1.807, 2.05) is 0 Å². The molecule has 8 heteroatoms. The molecule has 116 valence electrons. The largest absolute Gasteiger partial charge is 0.317 e. The van der Waals surface area contributed by atoms with E-state index in [2.05, 4.69) is 22.1 Å². The molecule has 1 aromatic heterocycles. The van der Waals surface area contributed by atoms with Gasteiger partial charge in [0.15, 0.2) is 0 Å². The van der Waals surface area contributed by atoms with Gasteiger partial charge in [-0.2, -0.15) is 22.5 Å². The van der Waals surface area contributed by atoms with Gasteiger partial charge in [-0.05, 0) is 32.0 Å². The van der Waals surface area contributed by atoms with Crippen LogP contribution in [0.4, 0.5) is 0 Å². The summed E-state index contributed by atoms with van der Waals surface area (Å²) in [4.78, 5) is 0. The van der Waals surface area contributed by atoms with E-state index in [9.17, 15) is 8.42 Å². The standard InChI is InChI=1S/C12H25N5O2S/c1-4-7-13-8-5-10-16(2)20(18,19)15-11-12-6-9-14-17(12)3/h6,9,13,15H,4-5,7-8,10-11H2,1-3H3. The fraction of sp³-hybridized carbons (Fsp3) is 0.750. The molecular formula is C12H25N5O2S. The van der Waals surface area contributed by atoms with Gasteiger partial charge in [0.1, 0.15) is 0 Å². The van der Waals surface area contributed by atoms with Crippen molar-refractivity contribution in [1.29, 1.82) is 0 Å². The van der Waals surface area contributed by atoms with Gasteiger partial charge in [-0.15, -0.1) is 0 Å². The molecule has 0 aliphatic carbocycles. The normalized spacial score (nSPS) is 12.2. The molecule has 7 nitrogen and oxygen atoms in total. The topological polar surface area (TPSA) is 79.3 Å². The van der Waals surface area contributed by atoms with Gasteiger partial charge in [-0.1, -0.05) is 6.92 Å². The highest BCUT2D eigenvalue weighted by molar-refractivity contribution is 7.87. The molecule has 0 aliphatic rings. The molecule has 0 atom stereocenters. The minimum absolute atomic E-state index is 0.247. The van der Waals surface area contributed by atoms with Crippen molar-refractivity contribution in [2.75, 3.05) is 26.7 Å². The smallest absolute Gasteiger partial charge is 0.279 e. The third kappa shape index (κ3) is 5.58. The molecule has 0 spiro atoms. The van der Waals surface area contributed by atoms with E-state index in [1.54, 1.807) is 31.0 Å². The van der Waals surface area contributed by atoms with Crippen LogP contribution in [-0.2, 0) is 23.8 Å². The second-order valence-electron chi connectivity index (χ2n) is 4.70. The zero-order valence-corrected chi connectivity index (χ0v) is 13.3. The van der Waals surface area contributed by atoms with Crippen LogP contribution in [0.3, 0.4) is 0 Å². The molecule has 0 fully saturated rings. The summed E-state index contributed by atoms with van der Waals surface area (Å²) in [6.07, 6.45) is 3.52. The first kappa shape index (κ1) is 17.1. The second kappa shape index (κ2) is 8.35. The highest BCUT2D eigenvalue weighted by Crippen LogP contribution is 2.00. The first-order valence-electron chi connectivity index (χ1n) is 6.86. The molecule has 0 aliphatic heterocycles. The summed E-state index contributed by atoms with van der Waals surface area (Å²) in [6.45, 7) is 4.64. The fourth-order valence-electron chi connectivity index (χ4n) is 1.70. The Morgan fingerprint density at radius 2 is 2.15 bits per heavy atom. The van der Waals surface area contributed by atoms with Crippen LogP contribution in [0, 0.1) is 0 Å². The summed E-state index contributed by atoms with van der Waals surface area (Å²) in [5, 5.41) is 7.25. The predicted octanol–water partition coefficient (Wildman–Crippen LogP) is 0.0760. The van der Waals surface area contributed by atoms with E-state index < -0.39 is 10.2 Å². The van der Waals surface area contributed by atoms with E-state index in [1.165, 1.54) is 4.31 Å². The first-order valence-corrected chi connectivity index (χ1v) is 8.30. The Morgan fingerprint density at radius 1 is 1.40 bits per heavy atom. The Labute approximate surface area is 121 Å². The van der Waals surface area contributed by atoms with Crippen LogP contribution in [0.15, 0.2) is 12.3 Å². The van der Waals surface area contributed by atoms with Crippen molar-refractivity contribution < 1.29 is 8.42 Å². The molecule has 20 heavy (non-hydrogen) atoms. The zero-order valence-electron chi connectivity index (χ0n) is 12.5. The molecule has 0 radical (unpaired) electrons. The molecule has 2 N–H and O–H groups in total. The Balaban J connectivity index is 2.34. The number of rotatable bonds is 10. The van der Waals surface area contributed by atoms with Gasteiger partial charge in [0, 0.05) is 26.8 Å². The summed E-state index contributed by atoms with van der Waals surface area (Å²) < 4.78 is 29.6. The molecule has 1 aromatic rings. The van der Waals surface area contributed by atoms with E-state index in [0.29, 0.717) is 6.54 Å². The maximum Gasteiger partial charge on any atom is 0.279 e. The van der Waals surface area contributed by atoms with Crippen molar-refractivity contribution >= 4 is 10.2 Å². The van der Waals surface area contributed by atoms with Crippen LogP contribution in [0.2, 0.25) is 0 Å². The van der Waals surface area contributed by atoms with Gasteiger partial charge in [0.05, 0.1) is 12.2 Å². The molecule has 1 rings (SSSR count). The number of hydrogen-bond donors (Lipinski definition) is 2. The summed E-state index contributed by atoms with van der Waals surface area (Å²) >= 11 is 0. The highest BCUT2D eigenvalue weighted by atomic mass is 32.2. The van der Waals surface area contributed by atoms with Crippen molar-refractivity contribution in [3.8, 4) is 0 Å². The maximum atomic E-state index is 12.0. The van der Waals surface area contributed by atoms with E-state index in [4.69, 9.17) is 0 Å². The average molecular weight is 303 g/mol. The van der Waals surface area contributed by atoms with Crippen molar-refractivity contribution in [3.63, 3.8) is 0 Å². The van der Waals surface area contributed by atoms with Crippen LogP contribution in [0.1, 0.15) is 25.5 Å². The quantitative estimate of drug-likeness (QED) is 0.600. The van der Waals surface area contributed by atoms with Gasteiger partial charge in [-0.3, -0.25) is 4.68 Å². The van der Waals surface area contributed by atoms with Gasteiger partial charge in [-0.25, -0.2) is 0 Å². The van der Waals surface area contributed by atoms with Crippen LogP contribution in [-0.4, -0.2) is 49.2 Å². The fourth-order valence-corrected chi connectivity index (χ4v) is 2.62.